The standard InChI is InChI=1S/C57H80FN9O7/c1-34(59-10)50(69)63-48(56(4,5)6)54(73)66-32-39-22-13-12-21-38(39)30-46(66)53(72)65(36(3)41-24-16-17-26-43(41)58)29-19-28-47(68)61-40-31-45(52(71)62-44-27-18-23-37-20-14-15-25-42(37)44)67(33-40)55(74)49(57(7,8)9)64-51(70)35(2)60-11/h12-17,20-22,24-26,34-36,40,44-46,48-49,59-60H,18-19,23,27-33H2,1-11H3,(H,61,68)(H,62,71)(H,63,69)(H,64,70)/t34-,35-,36+,40-,44+,45-,46-,48+,49+/m0/s1. The highest BCUT2D eigenvalue weighted by Gasteiger charge is 2.47. The van der Waals surface area contributed by atoms with Crippen molar-refractivity contribution in [2.45, 2.75) is 168 Å². The van der Waals surface area contributed by atoms with Crippen molar-refractivity contribution in [2.75, 3.05) is 27.2 Å². The van der Waals surface area contributed by atoms with Crippen LogP contribution in [0.5, 0.6) is 0 Å². The van der Waals surface area contributed by atoms with E-state index in [4.69, 9.17) is 0 Å². The van der Waals surface area contributed by atoms with Gasteiger partial charge in [0.2, 0.25) is 41.4 Å². The van der Waals surface area contributed by atoms with Crippen molar-refractivity contribution in [3.63, 3.8) is 0 Å². The lowest BCUT2D eigenvalue weighted by atomic mass is 9.84. The molecule has 3 aliphatic rings. The second-order valence-corrected chi connectivity index (χ2v) is 22.6. The molecule has 0 unspecified atom stereocenters. The number of rotatable bonds is 18. The highest BCUT2D eigenvalue weighted by Crippen LogP contribution is 2.34. The zero-order valence-corrected chi connectivity index (χ0v) is 45.3. The lowest BCUT2D eigenvalue weighted by Crippen LogP contribution is -2.62. The predicted molar refractivity (Wildman–Crippen MR) is 282 cm³/mol. The number of hydrogen-bond acceptors (Lipinski definition) is 9. The minimum absolute atomic E-state index is 0.0137. The number of hydrogen-bond donors (Lipinski definition) is 6. The summed E-state index contributed by atoms with van der Waals surface area (Å²) in [7, 11) is 3.31. The average molecular weight is 1020 g/mol. The van der Waals surface area contributed by atoms with Gasteiger partial charge in [0.15, 0.2) is 0 Å². The van der Waals surface area contributed by atoms with Crippen LogP contribution in [0.15, 0.2) is 72.8 Å². The number of fused-ring (bicyclic) bond motifs is 2. The summed E-state index contributed by atoms with van der Waals surface area (Å²) in [6.45, 7) is 16.4. The molecule has 2 heterocycles. The van der Waals surface area contributed by atoms with Crippen LogP contribution >= 0.6 is 0 Å². The van der Waals surface area contributed by atoms with Crippen molar-refractivity contribution in [2.24, 2.45) is 10.8 Å². The lowest BCUT2D eigenvalue weighted by molar-refractivity contribution is -0.152. The Labute approximate surface area is 437 Å². The SMILES string of the molecule is CN[C@@H](C)C(=O)N[C@H](C(=O)N1C[C@@H](NC(=O)CCCN(C(=O)[C@@H]2Cc3ccccc3CN2C(=O)[C@@H](NC(=O)[C@H](C)NC)C(C)(C)C)[C@H](C)c2ccccc2F)C[C@H]1C(=O)N[C@@H]1CCCc2ccccc21)C(C)(C)C. The van der Waals surface area contributed by atoms with Crippen LogP contribution in [0.25, 0.3) is 0 Å². The zero-order valence-electron chi connectivity index (χ0n) is 45.3. The van der Waals surface area contributed by atoms with Gasteiger partial charge in [-0.1, -0.05) is 108 Å². The molecule has 17 heteroatoms. The van der Waals surface area contributed by atoms with Gasteiger partial charge in [0.25, 0.3) is 0 Å². The maximum absolute atomic E-state index is 15.6. The van der Waals surface area contributed by atoms with E-state index in [-0.39, 0.29) is 80.6 Å². The fourth-order valence-corrected chi connectivity index (χ4v) is 10.4. The largest absolute Gasteiger partial charge is 0.351 e. The normalized spacial score (nSPS) is 20.6. The van der Waals surface area contributed by atoms with Gasteiger partial charge in [-0.2, -0.15) is 0 Å². The van der Waals surface area contributed by atoms with Gasteiger partial charge < -0.3 is 46.6 Å². The number of halogens is 1. The third-order valence-electron chi connectivity index (χ3n) is 15.1. The highest BCUT2D eigenvalue weighted by atomic mass is 19.1. The molecule has 0 aromatic heterocycles. The molecule has 1 fully saturated rings. The zero-order chi connectivity index (χ0) is 54.2. The molecule has 1 saturated heterocycles. The third kappa shape index (κ3) is 13.5. The maximum atomic E-state index is 15.6. The lowest BCUT2D eigenvalue weighted by Gasteiger charge is -2.43. The summed E-state index contributed by atoms with van der Waals surface area (Å²) in [5.74, 6) is -3.27. The number of nitrogens with one attached hydrogen (secondary N) is 6. The summed E-state index contributed by atoms with van der Waals surface area (Å²) >= 11 is 0. The van der Waals surface area contributed by atoms with Crippen LogP contribution < -0.4 is 31.9 Å². The Kier molecular flexibility index (Phi) is 18.8. The molecule has 9 atom stereocenters. The Hall–Kier alpha value is -6.20. The van der Waals surface area contributed by atoms with Crippen LogP contribution in [0.2, 0.25) is 0 Å². The summed E-state index contributed by atoms with van der Waals surface area (Å²) in [6, 6.07) is 15.0. The van der Waals surface area contributed by atoms with Gasteiger partial charge in [0.1, 0.15) is 30.0 Å². The van der Waals surface area contributed by atoms with Crippen LogP contribution in [-0.2, 0) is 52.9 Å². The second-order valence-electron chi connectivity index (χ2n) is 22.6. The number of carbonyl (C=O) groups excluding carboxylic acids is 7. The Balaban J connectivity index is 1.24. The molecule has 7 amide bonds. The van der Waals surface area contributed by atoms with E-state index in [1.165, 1.54) is 20.8 Å². The monoisotopic (exact) mass is 1020 g/mol. The van der Waals surface area contributed by atoms with Crippen molar-refractivity contribution >= 4 is 41.4 Å². The van der Waals surface area contributed by atoms with Crippen molar-refractivity contribution in [3.8, 4) is 0 Å². The van der Waals surface area contributed by atoms with Crippen LogP contribution in [0.3, 0.4) is 0 Å². The molecule has 402 valence electrons. The van der Waals surface area contributed by atoms with E-state index in [0.717, 1.165) is 41.5 Å². The van der Waals surface area contributed by atoms with Gasteiger partial charge in [-0.3, -0.25) is 33.6 Å². The molecule has 0 radical (unpaired) electrons. The molecule has 0 spiro atoms. The Morgan fingerprint density at radius 2 is 1.26 bits per heavy atom. The van der Waals surface area contributed by atoms with E-state index in [1.807, 2.05) is 84.0 Å². The first-order valence-electron chi connectivity index (χ1n) is 26.3. The van der Waals surface area contributed by atoms with E-state index >= 15 is 9.18 Å². The Morgan fingerprint density at radius 1 is 0.703 bits per heavy atom. The van der Waals surface area contributed by atoms with Crippen molar-refractivity contribution in [3.05, 3.63) is 106 Å². The number of likely N-dealkylation sites (N-methyl/N-ethyl adjacent to an activating group) is 2. The number of carbonyl (C=O) groups is 7. The van der Waals surface area contributed by atoms with Gasteiger partial charge in [-0.25, -0.2) is 4.39 Å². The van der Waals surface area contributed by atoms with E-state index in [2.05, 4.69) is 38.0 Å². The Bertz CT molecular complexity index is 2520. The first kappa shape index (κ1) is 57.1. The second kappa shape index (κ2) is 24.4. The van der Waals surface area contributed by atoms with Gasteiger partial charge in [-0.15, -0.1) is 0 Å². The van der Waals surface area contributed by atoms with E-state index in [0.29, 0.717) is 0 Å². The number of amides is 7. The van der Waals surface area contributed by atoms with Crippen LogP contribution in [0.1, 0.15) is 134 Å². The quantitative estimate of drug-likeness (QED) is 0.101. The summed E-state index contributed by atoms with van der Waals surface area (Å²) in [5, 5.41) is 18.0. The minimum Gasteiger partial charge on any atom is -0.351 e. The molecule has 2 aliphatic heterocycles. The number of nitrogens with zero attached hydrogens (tertiary/aromatic N) is 3. The van der Waals surface area contributed by atoms with Crippen molar-refractivity contribution < 1.29 is 38.0 Å². The van der Waals surface area contributed by atoms with Gasteiger partial charge in [0.05, 0.1) is 24.2 Å². The molecule has 16 nitrogen and oxygen atoms in total. The highest BCUT2D eigenvalue weighted by molar-refractivity contribution is 5.95. The first-order chi connectivity index (χ1) is 34.9. The molecule has 74 heavy (non-hydrogen) atoms. The number of likely N-dealkylation sites (tertiary alicyclic amines) is 1. The van der Waals surface area contributed by atoms with Gasteiger partial charge >= 0.3 is 0 Å². The molecule has 6 N–H and O–H groups in total. The average Bonchev–Trinajstić information content (AvgIpc) is 3.80. The first-order valence-corrected chi connectivity index (χ1v) is 26.3. The molecular weight excluding hydrogens is 942 g/mol. The molecule has 0 bridgehead atoms. The minimum atomic E-state index is -1.03. The number of aryl methyl sites for hydroxylation is 1. The molecule has 6 rings (SSSR count). The number of benzene rings is 3. The molecule has 3 aromatic carbocycles. The molecule has 0 saturated carbocycles. The maximum Gasteiger partial charge on any atom is 0.246 e. The topological polar surface area (TPSA) is 201 Å². The molecular formula is C57H80FN9O7. The summed E-state index contributed by atoms with van der Waals surface area (Å²) in [4.78, 5) is 105. The smallest absolute Gasteiger partial charge is 0.246 e. The fourth-order valence-electron chi connectivity index (χ4n) is 10.4. The summed E-state index contributed by atoms with van der Waals surface area (Å²) < 4.78 is 15.6. The fraction of sp³-hybridized carbons (Fsp3) is 0.561. The van der Waals surface area contributed by atoms with Crippen LogP contribution in [0, 0.1) is 16.6 Å². The summed E-state index contributed by atoms with van der Waals surface area (Å²) in [5.41, 5.74) is 2.73. The molecule has 1 aliphatic carbocycles. The van der Waals surface area contributed by atoms with Gasteiger partial charge in [0, 0.05) is 44.1 Å². The van der Waals surface area contributed by atoms with Crippen LogP contribution in [-0.4, -0.2) is 126 Å². The van der Waals surface area contributed by atoms with Crippen LogP contribution in [0.4, 0.5) is 4.39 Å². The van der Waals surface area contributed by atoms with Crippen molar-refractivity contribution in [1.29, 1.82) is 0 Å². The predicted octanol–water partition coefficient (Wildman–Crippen LogP) is 5.01. The molecule has 3 aromatic rings. The van der Waals surface area contributed by atoms with E-state index in [9.17, 15) is 28.8 Å². The summed E-state index contributed by atoms with van der Waals surface area (Å²) in [6.07, 6.45) is 2.91. The van der Waals surface area contributed by atoms with E-state index in [1.54, 1.807) is 53.1 Å². The van der Waals surface area contributed by atoms with E-state index < -0.39 is 82.7 Å². The van der Waals surface area contributed by atoms with Crippen molar-refractivity contribution in [1.82, 2.24) is 46.6 Å². The van der Waals surface area contributed by atoms with Gasteiger partial charge in [-0.05, 0) is 106 Å². The Morgan fingerprint density at radius 3 is 1.85 bits per heavy atom. The third-order valence-corrected chi connectivity index (χ3v) is 15.1.